The highest BCUT2D eigenvalue weighted by Gasteiger charge is 2.35. The van der Waals surface area contributed by atoms with Gasteiger partial charge in [-0.05, 0) is 6.07 Å². The summed E-state index contributed by atoms with van der Waals surface area (Å²) in [5, 5.41) is 0. The molecule has 1 rings (SSSR count). The fraction of sp³-hybridized carbons (Fsp3) is 0.333. The number of ether oxygens (including phenoxy) is 2. The maximum absolute atomic E-state index is 12.4. The third kappa shape index (κ3) is 2.73. The number of alkyl halides is 3. The Hall–Kier alpha value is -2.19. The summed E-state index contributed by atoms with van der Waals surface area (Å²) in [6, 6.07) is 1.25. The van der Waals surface area contributed by atoms with E-state index in [4.69, 9.17) is 0 Å². The predicted molar refractivity (Wildman–Crippen MR) is 51.2 cm³/mol. The summed E-state index contributed by atoms with van der Waals surface area (Å²) < 4.78 is 46.0. The fourth-order valence-electron chi connectivity index (χ4n) is 1.09. The van der Waals surface area contributed by atoms with Crippen LogP contribution in [0.2, 0.25) is 0 Å². The average molecular weight is 267 g/mol. The van der Waals surface area contributed by atoms with Gasteiger partial charge >= 0.3 is 12.3 Å². The van der Waals surface area contributed by atoms with Crippen LogP contribution in [0, 0.1) is 0 Å². The Kier molecular flexibility index (Phi) is 3.84. The first-order chi connectivity index (χ1) is 8.31. The first-order valence-corrected chi connectivity index (χ1v) is 4.44. The van der Waals surface area contributed by atoms with Crippen LogP contribution in [0.3, 0.4) is 0 Å². The molecular formula is C9H8F3NO5. The smallest absolute Gasteiger partial charge is 0.437 e. The van der Waals surface area contributed by atoms with E-state index in [-0.39, 0.29) is 4.73 Å². The molecule has 1 aromatic heterocycles. The summed E-state index contributed by atoms with van der Waals surface area (Å²) in [7, 11) is 1.95. The van der Waals surface area contributed by atoms with Crippen molar-refractivity contribution in [2.75, 3.05) is 14.2 Å². The lowest BCUT2D eigenvalue weighted by Crippen LogP contribution is -2.33. The van der Waals surface area contributed by atoms with Crippen molar-refractivity contribution in [3.8, 4) is 5.88 Å². The summed E-state index contributed by atoms with van der Waals surface area (Å²) in [4.78, 5) is 26.7. The van der Waals surface area contributed by atoms with Crippen LogP contribution in [-0.4, -0.2) is 25.1 Å². The number of hydrogen-bond donors (Lipinski definition) is 0. The first-order valence-electron chi connectivity index (χ1n) is 4.44. The molecule has 100 valence electrons. The third-order valence-corrected chi connectivity index (χ3v) is 1.85. The minimum atomic E-state index is -4.83. The molecule has 0 aliphatic heterocycles. The molecule has 6 nitrogen and oxygen atoms in total. The van der Waals surface area contributed by atoms with E-state index < -0.39 is 29.3 Å². The highest BCUT2D eigenvalue weighted by atomic mass is 19.4. The number of carbonyl (C=O) groups is 1. The van der Waals surface area contributed by atoms with Gasteiger partial charge in [-0.25, -0.2) is 4.79 Å². The average Bonchev–Trinajstić information content (AvgIpc) is 2.27. The van der Waals surface area contributed by atoms with Gasteiger partial charge in [0.15, 0.2) is 0 Å². The van der Waals surface area contributed by atoms with Crippen LogP contribution < -0.4 is 15.1 Å². The van der Waals surface area contributed by atoms with Crippen LogP contribution in [0.15, 0.2) is 16.9 Å². The summed E-state index contributed by atoms with van der Waals surface area (Å²) >= 11 is 0. The highest BCUT2D eigenvalue weighted by Crippen LogP contribution is 2.27. The Labute approximate surface area is 98.4 Å². The molecule has 0 bridgehead atoms. The van der Waals surface area contributed by atoms with Crippen LogP contribution in [0.5, 0.6) is 5.88 Å². The van der Waals surface area contributed by atoms with E-state index in [0.29, 0.717) is 6.07 Å². The molecule has 1 aromatic rings. The monoisotopic (exact) mass is 267 g/mol. The Morgan fingerprint density at radius 1 is 1.28 bits per heavy atom. The minimum Gasteiger partial charge on any atom is -0.437 e. The van der Waals surface area contributed by atoms with E-state index in [1.54, 1.807) is 0 Å². The van der Waals surface area contributed by atoms with Crippen LogP contribution >= 0.6 is 0 Å². The fourth-order valence-corrected chi connectivity index (χ4v) is 1.09. The molecule has 0 unspecified atom stereocenters. The molecule has 0 spiro atoms. The zero-order valence-electron chi connectivity index (χ0n) is 9.28. The lowest BCUT2D eigenvalue weighted by atomic mass is 10.3. The highest BCUT2D eigenvalue weighted by molar-refractivity contribution is 5.62. The van der Waals surface area contributed by atoms with Gasteiger partial charge in [0.2, 0.25) is 5.88 Å². The number of nitrogens with zero attached hydrogens (tertiary/aromatic N) is 1. The summed E-state index contributed by atoms with van der Waals surface area (Å²) in [6.45, 7) is 0. The minimum absolute atomic E-state index is 0.194. The number of carbonyl (C=O) groups excluding carboxylic acids is 1. The second-order valence-corrected chi connectivity index (χ2v) is 2.92. The van der Waals surface area contributed by atoms with Crippen LogP contribution in [0.25, 0.3) is 0 Å². The Morgan fingerprint density at radius 2 is 1.89 bits per heavy atom. The predicted octanol–water partition coefficient (Wildman–Crippen LogP) is 1.07. The largest absolute Gasteiger partial charge is 0.514 e. The molecule has 0 aliphatic carbocycles. The SMILES string of the molecule is COC(=O)Oc1ccc(C(F)(F)F)c(=O)n1OC. The second-order valence-electron chi connectivity index (χ2n) is 2.92. The molecule has 0 N–H and O–H groups in total. The first kappa shape index (κ1) is 13.9. The van der Waals surface area contributed by atoms with Crippen LogP contribution in [-0.2, 0) is 10.9 Å². The lowest BCUT2D eigenvalue weighted by molar-refractivity contribution is -0.139. The zero-order valence-corrected chi connectivity index (χ0v) is 9.28. The van der Waals surface area contributed by atoms with Crippen LogP contribution in [0.1, 0.15) is 5.56 Å². The summed E-state index contributed by atoms with van der Waals surface area (Å²) in [5.41, 5.74) is -2.94. The van der Waals surface area contributed by atoms with E-state index in [1.807, 2.05) is 0 Å². The van der Waals surface area contributed by atoms with Crippen molar-refractivity contribution in [2.45, 2.75) is 6.18 Å². The van der Waals surface area contributed by atoms with Gasteiger partial charge in [-0.2, -0.15) is 13.2 Å². The molecule has 0 saturated heterocycles. The number of aromatic nitrogens is 1. The van der Waals surface area contributed by atoms with Gasteiger partial charge in [0.25, 0.3) is 5.56 Å². The molecule has 1 heterocycles. The van der Waals surface area contributed by atoms with Crippen molar-refractivity contribution in [2.24, 2.45) is 0 Å². The zero-order chi connectivity index (χ0) is 13.9. The van der Waals surface area contributed by atoms with Crippen LogP contribution in [0.4, 0.5) is 18.0 Å². The Bertz CT molecular complexity index is 508. The molecule has 9 heteroatoms. The molecule has 18 heavy (non-hydrogen) atoms. The van der Waals surface area contributed by atoms with E-state index in [1.165, 1.54) is 0 Å². The van der Waals surface area contributed by atoms with Gasteiger partial charge in [-0.3, -0.25) is 4.79 Å². The van der Waals surface area contributed by atoms with E-state index in [2.05, 4.69) is 14.3 Å². The number of hydrogen-bond acceptors (Lipinski definition) is 5. The van der Waals surface area contributed by atoms with Crippen molar-refractivity contribution in [3.63, 3.8) is 0 Å². The van der Waals surface area contributed by atoms with E-state index >= 15 is 0 Å². The van der Waals surface area contributed by atoms with Crippen molar-refractivity contribution in [1.82, 2.24) is 4.73 Å². The topological polar surface area (TPSA) is 66.8 Å². The van der Waals surface area contributed by atoms with Gasteiger partial charge in [0.05, 0.1) is 7.11 Å². The maximum Gasteiger partial charge on any atom is 0.514 e. The van der Waals surface area contributed by atoms with E-state index in [9.17, 15) is 22.8 Å². The molecule has 0 saturated carbocycles. The second kappa shape index (κ2) is 4.98. The number of halogens is 3. The number of rotatable bonds is 2. The number of methoxy groups -OCH3 is 1. The molecule has 0 fully saturated rings. The Balaban J connectivity index is 3.30. The van der Waals surface area contributed by atoms with Gasteiger partial charge in [-0.15, -0.1) is 4.73 Å². The lowest BCUT2D eigenvalue weighted by Gasteiger charge is -2.12. The molecule has 0 amide bonds. The number of pyridine rings is 1. The standard InChI is InChI=1S/C9H8F3NO5/c1-16-8(15)18-6-4-3-5(9(10,11)12)7(14)13(6)17-2/h3-4H,1-2H3. The summed E-state index contributed by atoms with van der Waals surface area (Å²) in [6.07, 6.45) is -6.03. The van der Waals surface area contributed by atoms with Gasteiger partial charge in [-0.1, -0.05) is 0 Å². The van der Waals surface area contributed by atoms with Crippen molar-refractivity contribution in [1.29, 1.82) is 0 Å². The molecule has 0 aliphatic rings. The third-order valence-electron chi connectivity index (χ3n) is 1.85. The van der Waals surface area contributed by atoms with E-state index in [0.717, 1.165) is 20.3 Å². The quantitative estimate of drug-likeness (QED) is 0.750. The van der Waals surface area contributed by atoms with Crippen molar-refractivity contribution >= 4 is 6.16 Å². The molecule has 0 radical (unpaired) electrons. The van der Waals surface area contributed by atoms with Crippen molar-refractivity contribution < 1.29 is 32.3 Å². The van der Waals surface area contributed by atoms with Gasteiger partial charge in [0, 0.05) is 6.07 Å². The molecule has 0 aromatic carbocycles. The molecule has 0 atom stereocenters. The van der Waals surface area contributed by atoms with Gasteiger partial charge < -0.3 is 14.3 Å². The van der Waals surface area contributed by atoms with Gasteiger partial charge in [0.1, 0.15) is 12.7 Å². The molecular weight excluding hydrogens is 259 g/mol. The Morgan fingerprint density at radius 3 is 2.33 bits per heavy atom. The normalized spacial score (nSPS) is 10.9. The summed E-state index contributed by atoms with van der Waals surface area (Å²) in [5.74, 6) is -0.526. The van der Waals surface area contributed by atoms with Crippen molar-refractivity contribution in [3.05, 3.63) is 28.0 Å². The maximum atomic E-state index is 12.4.